The van der Waals surface area contributed by atoms with Gasteiger partial charge in [-0.1, -0.05) is 12.1 Å². The van der Waals surface area contributed by atoms with E-state index in [4.69, 9.17) is 0 Å². The number of aromatic nitrogens is 2. The largest absolute Gasteiger partial charge is 0.393 e. The molecule has 0 spiro atoms. The molecular weight excluding hydrogens is 261 g/mol. The molecule has 20 heavy (non-hydrogen) atoms. The lowest BCUT2D eigenvalue weighted by Gasteiger charge is -2.25. The third-order valence-corrected chi connectivity index (χ3v) is 3.79. The summed E-state index contributed by atoms with van der Waals surface area (Å²) in [6, 6.07) is 4.59. The van der Waals surface area contributed by atoms with Gasteiger partial charge in [0.05, 0.1) is 6.10 Å². The molecule has 3 rings (SSSR count). The highest BCUT2D eigenvalue weighted by Crippen LogP contribution is 2.21. The normalized spacial score (nSPS) is 22.9. The van der Waals surface area contributed by atoms with Gasteiger partial charge in [0.1, 0.15) is 11.2 Å². The third kappa shape index (κ3) is 2.38. The SMILES string of the molecule is O=C(NC1CCC(O)CC1)c1[nH]nc2c(F)cccc12. The quantitative estimate of drug-likeness (QED) is 0.782. The lowest BCUT2D eigenvalue weighted by atomic mass is 9.93. The Hall–Kier alpha value is -1.95. The molecule has 0 atom stereocenters. The first-order chi connectivity index (χ1) is 9.65. The van der Waals surface area contributed by atoms with Crippen molar-refractivity contribution in [2.24, 2.45) is 0 Å². The predicted molar refractivity (Wildman–Crippen MR) is 71.8 cm³/mol. The summed E-state index contributed by atoms with van der Waals surface area (Å²) >= 11 is 0. The summed E-state index contributed by atoms with van der Waals surface area (Å²) in [5, 5.41) is 19.3. The van der Waals surface area contributed by atoms with Crippen molar-refractivity contribution in [2.45, 2.75) is 37.8 Å². The van der Waals surface area contributed by atoms with Crippen molar-refractivity contribution < 1.29 is 14.3 Å². The molecular formula is C14H16FN3O2. The fourth-order valence-electron chi connectivity index (χ4n) is 2.65. The van der Waals surface area contributed by atoms with Crippen LogP contribution in [0.25, 0.3) is 10.9 Å². The van der Waals surface area contributed by atoms with Gasteiger partial charge in [0.25, 0.3) is 5.91 Å². The van der Waals surface area contributed by atoms with Crippen LogP contribution < -0.4 is 5.32 Å². The Morgan fingerprint density at radius 3 is 2.85 bits per heavy atom. The van der Waals surface area contributed by atoms with Crippen LogP contribution >= 0.6 is 0 Å². The molecule has 106 valence electrons. The zero-order chi connectivity index (χ0) is 14.1. The van der Waals surface area contributed by atoms with E-state index in [0.717, 1.165) is 12.8 Å². The minimum atomic E-state index is -0.446. The summed E-state index contributed by atoms with van der Waals surface area (Å²) in [6.07, 6.45) is 2.65. The average Bonchev–Trinajstić information content (AvgIpc) is 2.87. The number of aliphatic hydroxyl groups excluding tert-OH is 1. The van der Waals surface area contributed by atoms with Crippen molar-refractivity contribution in [3.63, 3.8) is 0 Å². The van der Waals surface area contributed by atoms with Crippen LogP contribution in [0.15, 0.2) is 18.2 Å². The van der Waals surface area contributed by atoms with Crippen molar-refractivity contribution in [2.75, 3.05) is 0 Å². The number of carbonyl (C=O) groups excluding carboxylic acids is 1. The monoisotopic (exact) mass is 277 g/mol. The summed E-state index contributed by atoms with van der Waals surface area (Å²) in [5.74, 6) is -0.724. The number of carbonyl (C=O) groups is 1. The second-order valence-electron chi connectivity index (χ2n) is 5.21. The Morgan fingerprint density at radius 1 is 1.35 bits per heavy atom. The van der Waals surface area contributed by atoms with Crippen LogP contribution in [0, 0.1) is 5.82 Å². The smallest absolute Gasteiger partial charge is 0.270 e. The molecule has 1 aliphatic rings. The molecule has 1 aromatic heterocycles. The lowest BCUT2D eigenvalue weighted by molar-refractivity contribution is 0.0864. The molecule has 5 nitrogen and oxygen atoms in total. The topological polar surface area (TPSA) is 78.0 Å². The minimum Gasteiger partial charge on any atom is -0.393 e. The van der Waals surface area contributed by atoms with Gasteiger partial charge in [-0.15, -0.1) is 0 Å². The number of aliphatic hydroxyl groups is 1. The Balaban J connectivity index is 1.77. The summed E-state index contributed by atoms with van der Waals surface area (Å²) in [5.41, 5.74) is 0.460. The summed E-state index contributed by atoms with van der Waals surface area (Å²) in [4.78, 5) is 12.2. The maximum absolute atomic E-state index is 13.5. The third-order valence-electron chi connectivity index (χ3n) is 3.79. The highest BCUT2D eigenvalue weighted by atomic mass is 19.1. The van der Waals surface area contributed by atoms with Gasteiger partial charge in [-0.25, -0.2) is 4.39 Å². The van der Waals surface area contributed by atoms with Crippen LogP contribution in [0.1, 0.15) is 36.2 Å². The minimum absolute atomic E-state index is 0.0535. The number of hydrogen-bond donors (Lipinski definition) is 3. The molecule has 0 saturated heterocycles. The fourth-order valence-corrected chi connectivity index (χ4v) is 2.65. The van der Waals surface area contributed by atoms with E-state index in [9.17, 15) is 14.3 Å². The van der Waals surface area contributed by atoms with Gasteiger partial charge in [-0.2, -0.15) is 5.10 Å². The number of amides is 1. The lowest BCUT2D eigenvalue weighted by Crippen LogP contribution is -2.38. The van der Waals surface area contributed by atoms with Crippen LogP contribution in [0.5, 0.6) is 0 Å². The average molecular weight is 277 g/mol. The predicted octanol–water partition coefficient (Wildman–Crippen LogP) is 1.74. The second kappa shape index (κ2) is 5.20. The van der Waals surface area contributed by atoms with Crippen molar-refractivity contribution in [1.29, 1.82) is 0 Å². The summed E-state index contributed by atoms with van der Waals surface area (Å²) in [7, 11) is 0. The Kier molecular flexibility index (Phi) is 3.40. The maximum atomic E-state index is 13.5. The molecule has 1 aromatic carbocycles. The number of fused-ring (bicyclic) bond motifs is 1. The van der Waals surface area contributed by atoms with Gasteiger partial charge >= 0.3 is 0 Å². The molecule has 1 heterocycles. The van der Waals surface area contributed by atoms with E-state index in [0.29, 0.717) is 18.2 Å². The Morgan fingerprint density at radius 2 is 2.10 bits per heavy atom. The number of hydrogen-bond acceptors (Lipinski definition) is 3. The van der Waals surface area contributed by atoms with E-state index in [2.05, 4.69) is 15.5 Å². The number of halogens is 1. The highest BCUT2D eigenvalue weighted by Gasteiger charge is 2.23. The van der Waals surface area contributed by atoms with Crippen molar-refractivity contribution in [3.8, 4) is 0 Å². The molecule has 0 unspecified atom stereocenters. The summed E-state index contributed by atoms with van der Waals surface area (Å²) in [6.45, 7) is 0. The first kappa shape index (κ1) is 13.1. The van der Waals surface area contributed by atoms with E-state index in [1.165, 1.54) is 6.07 Å². The molecule has 3 N–H and O–H groups in total. The van der Waals surface area contributed by atoms with Gasteiger partial charge in [-0.3, -0.25) is 9.89 Å². The van der Waals surface area contributed by atoms with Crippen LogP contribution in [0.2, 0.25) is 0 Å². The van der Waals surface area contributed by atoms with E-state index in [1.807, 2.05) is 0 Å². The molecule has 1 saturated carbocycles. The Labute approximate surface area is 115 Å². The number of nitrogens with one attached hydrogen (secondary N) is 2. The molecule has 1 aliphatic carbocycles. The maximum Gasteiger partial charge on any atom is 0.270 e. The van der Waals surface area contributed by atoms with Crippen molar-refractivity contribution >= 4 is 16.8 Å². The van der Waals surface area contributed by atoms with E-state index in [1.54, 1.807) is 12.1 Å². The number of benzene rings is 1. The van der Waals surface area contributed by atoms with E-state index < -0.39 is 5.82 Å². The standard InChI is InChI=1S/C14H16FN3O2/c15-11-3-1-2-10-12(11)17-18-13(10)14(20)16-8-4-6-9(19)7-5-8/h1-3,8-9,19H,4-7H2,(H,16,20)(H,17,18). The number of nitrogens with zero attached hydrogens (tertiary/aromatic N) is 1. The molecule has 0 bridgehead atoms. The molecule has 1 fully saturated rings. The zero-order valence-corrected chi connectivity index (χ0v) is 10.9. The van der Waals surface area contributed by atoms with Gasteiger partial charge in [-0.05, 0) is 31.7 Å². The highest BCUT2D eigenvalue weighted by molar-refractivity contribution is 6.04. The first-order valence-corrected chi connectivity index (χ1v) is 6.76. The number of para-hydroxylation sites is 1. The summed E-state index contributed by atoms with van der Waals surface area (Å²) < 4.78 is 13.5. The van der Waals surface area contributed by atoms with Gasteiger partial charge in [0, 0.05) is 11.4 Å². The van der Waals surface area contributed by atoms with Gasteiger partial charge in [0.2, 0.25) is 0 Å². The number of rotatable bonds is 2. The van der Waals surface area contributed by atoms with Crippen molar-refractivity contribution in [3.05, 3.63) is 29.7 Å². The van der Waals surface area contributed by atoms with E-state index in [-0.39, 0.29) is 29.3 Å². The zero-order valence-electron chi connectivity index (χ0n) is 10.9. The van der Waals surface area contributed by atoms with Gasteiger partial charge in [0.15, 0.2) is 5.82 Å². The number of H-pyrrole nitrogens is 1. The molecule has 1 amide bonds. The molecule has 0 radical (unpaired) electrons. The molecule has 2 aromatic rings. The van der Waals surface area contributed by atoms with Crippen LogP contribution in [-0.2, 0) is 0 Å². The molecule has 0 aliphatic heterocycles. The van der Waals surface area contributed by atoms with Crippen LogP contribution in [0.3, 0.4) is 0 Å². The molecule has 6 heteroatoms. The van der Waals surface area contributed by atoms with Crippen LogP contribution in [-0.4, -0.2) is 33.4 Å². The van der Waals surface area contributed by atoms with Crippen LogP contribution in [0.4, 0.5) is 4.39 Å². The van der Waals surface area contributed by atoms with Gasteiger partial charge < -0.3 is 10.4 Å². The fraction of sp³-hybridized carbons (Fsp3) is 0.429. The Bertz CT molecular complexity index is 632. The second-order valence-corrected chi connectivity index (χ2v) is 5.21. The number of aromatic amines is 1. The first-order valence-electron chi connectivity index (χ1n) is 6.76. The van der Waals surface area contributed by atoms with Crippen molar-refractivity contribution in [1.82, 2.24) is 15.5 Å². The van der Waals surface area contributed by atoms with E-state index >= 15 is 0 Å².